The van der Waals surface area contributed by atoms with Crippen LogP contribution in [0.1, 0.15) is 93.4 Å². The van der Waals surface area contributed by atoms with Crippen molar-refractivity contribution in [3.63, 3.8) is 0 Å². The van der Waals surface area contributed by atoms with Crippen LogP contribution in [0.25, 0.3) is 0 Å². The molecule has 5 aliphatic carbocycles. The molecule has 1 aliphatic heterocycles. The maximum absolute atomic E-state index is 11.6. The number of ether oxygens (including phenoxy) is 1. The van der Waals surface area contributed by atoms with Crippen LogP contribution in [0, 0.1) is 56.2 Å². The normalized spacial score (nSPS) is 57.1. The Bertz CT molecular complexity index is 1190. The lowest BCUT2D eigenvalue weighted by molar-refractivity contribution is -0.293. The van der Waals surface area contributed by atoms with Gasteiger partial charge in [0.15, 0.2) is 0 Å². The van der Waals surface area contributed by atoms with E-state index in [0.717, 1.165) is 25.7 Å². The predicted molar refractivity (Wildman–Crippen MR) is 168 cm³/mol. The van der Waals surface area contributed by atoms with Gasteiger partial charge in [-0.1, -0.05) is 60.1 Å². The van der Waals surface area contributed by atoms with Gasteiger partial charge in [0.1, 0.15) is 24.4 Å². The van der Waals surface area contributed by atoms with Gasteiger partial charge < -0.3 is 45.6 Å². The first-order valence-corrected chi connectivity index (χ1v) is 17.5. The van der Waals surface area contributed by atoms with Crippen LogP contribution in [0.15, 0.2) is 11.6 Å². The highest BCUT2D eigenvalue weighted by molar-refractivity contribution is 5.35. The van der Waals surface area contributed by atoms with E-state index in [1.54, 1.807) is 0 Å². The first kappa shape index (κ1) is 34.3. The smallest absolute Gasteiger partial charge is 0.111 e. The molecule has 6 aliphatic rings. The van der Waals surface area contributed by atoms with Gasteiger partial charge in [-0.2, -0.15) is 0 Å². The molecule has 0 aromatic rings. The van der Waals surface area contributed by atoms with Crippen molar-refractivity contribution in [2.45, 2.75) is 142 Å². The molecule has 5 fully saturated rings. The van der Waals surface area contributed by atoms with Crippen LogP contribution >= 0.6 is 0 Å². The first-order valence-electron chi connectivity index (χ1n) is 17.5. The van der Waals surface area contributed by atoms with E-state index < -0.39 is 77.1 Å². The second kappa shape index (κ2) is 10.7. The van der Waals surface area contributed by atoms with Gasteiger partial charge in [-0.25, -0.2) is 0 Å². The van der Waals surface area contributed by atoms with Crippen molar-refractivity contribution >= 4 is 0 Å². The van der Waals surface area contributed by atoms with Crippen molar-refractivity contribution in [2.24, 2.45) is 56.2 Å². The van der Waals surface area contributed by atoms with Gasteiger partial charge >= 0.3 is 0 Å². The topological polar surface area (TPSA) is 171 Å². The summed E-state index contributed by atoms with van der Waals surface area (Å²) in [7, 11) is 0. The molecule has 16 atom stereocenters. The summed E-state index contributed by atoms with van der Waals surface area (Å²) in [5.74, 6) is -0.182. The van der Waals surface area contributed by atoms with E-state index in [4.69, 9.17) is 4.74 Å². The summed E-state index contributed by atoms with van der Waals surface area (Å²) < 4.78 is 6.27. The van der Waals surface area contributed by atoms with Crippen LogP contribution in [-0.2, 0) is 4.74 Å². The number of aliphatic hydroxyl groups excluding tert-OH is 8. The van der Waals surface area contributed by atoms with E-state index in [0.29, 0.717) is 19.3 Å². The Morgan fingerprint density at radius 3 is 2.09 bits per heavy atom. The largest absolute Gasteiger partial charge is 0.396 e. The summed E-state index contributed by atoms with van der Waals surface area (Å²) in [4.78, 5) is 0. The quantitative estimate of drug-likeness (QED) is 0.216. The Hall–Kier alpha value is -0.620. The number of hydrogen-bond acceptors (Lipinski definition) is 9. The van der Waals surface area contributed by atoms with E-state index in [2.05, 4.69) is 40.7 Å². The van der Waals surface area contributed by atoms with Gasteiger partial charge in [0, 0.05) is 5.41 Å². The standard InChI is InChI=1S/C36H60O9/c1-31(2)15-20-18-8-9-23-34(6,33(18,5)12-13-36(20,17-38)30(44)29(31)43)11-10-22-32(3,4)24(39)14-19(35(22,23)7)28-27(42)26(41)25(40)21(16-37)45-28/h8,19-30,37-44H,9-17H2,1-7H3/t19?,20-,21+,22-,23-,24-,25+,26-,27+,28?,29-,30-,33+,34+,35-,36-/m0/s1. The van der Waals surface area contributed by atoms with E-state index in [9.17, 15) is 40.9 Å². The fourth-order valence-corrected chi connectivity index (χ4v) is 12.8. The van der Waals surface area contributed by atoms with E-state index in [-0.39, 0.29) is 41.1 Å². The molecule has 1 heterocycles. The van der Waals surface area contributed by atoms with Gasteiger partial charge in [0.25, 0.3) is 0 Å². The second-order valence-corrected chi connectivity index (χ2v) is 18.2. The lowest BCUT2D eigenvalue weighted by Gasteiger charge is -2.73. The van der Waals surface area contributed by atoms with Crippen LogP contribution < -0.4 is 0 Å². The van der Waals surface area contributed by atoms with Crippen LogP contribution in [0.5, 0.6) is 0 Å². The zero-order chi connectivity index (χ0) is 33.3. The van der Waals surface area contributed by atoms with Gasteiger partial charge in [-0.15, -0.1) is 0 Å². The molecule has 0 amide bonds. The number of aliphatic hydroxyl groups is 8. The van der Waals surface area contributed by atoms with Gasteiger partial charge in [0.2, 0.25) is 0 Å². The van der Waals surface area contributed by atoms with E-state index >= 15 is 0 Å². The summed E-state index contributed by atoms with van der Waals surface area (Å²) in [6.07, 6.45) is -1.37. The van der Waals surface area contributed by atoms with Crippen LogP contribution in [0.4, 0.5) is 0 Å². The monoisotopic (exact) mass is 636 g/mol. The third-order valence-electron chi connectivity index (χ3n) is 15.9. The van der Waals surface area contributed by atoms with Gasteiger partial charge in [-0.05, 0) is 95.7 Å². The third kappa shape index (κ3) is 4.24. The van der Waals surface area contributed by atoms with Crippen molar-refractivity contribution in [1.82, 2.24) is 0 Å². The SMILES string of the molecule is CC1(C)C[C@H]2C3=CC[C@@H]4[C@@]5(C)C(C6O[C@H](CO)[C@@H](O)[C@H](O)[C@H]6O)C[C@H](O)C(C)(C)[C@@H]5CC[C@@]4(C)[C@]3(C)CC[C@@]2(CO)[C@@H](O)[C@@H]1O. The Morgan fingerprint density at radius 2 is 1.47 bits per heavy atom. The average Bonchev–Trinajstić information content (AvgIpc) is 2.98. The number of rotatable bonds is 3. The Balaban J connectivity index is 1.47. The predicted octanol–water partition coefficient (Wildman–Crippen LogP) is 2.15. The molecular formula is C36H60O9. The molecule has 6 rings (SSSR count). The lowest BCUT2D eigenvalue weighted by Crippen LogP contribution is -2.71. The molecule has 0 aromatic carbocycles. The molecular weight excluding hydrogens is 576 g/mol. The molecule has 0 radical (unpaired) electrons. The molecule has 0 spiro atoms. The fraction of sp³-hybridized carbons (Fsp3) is 0.944. The van der Waals surface area contributed by atoms with Gasteiger partial charge in [-0.3, -0.25) is 0 Å². The summed E-state index contributed by atoms with van der Waals surface area (Å²) >= 11 is 0. The number of allylic oxidation sites excluding steroid dienone is 2. The lowest BCUT2D eigenvalue weighted by atomic mass is 9.32. The molecule has 4 saturated carbocycles. The summed E-state index contributed by atoms with van der Waals surface area (Å²) in [6, 6.07) is 0. The number of hydrogen-bond donors (Lipinski definition) is 8. The van der Waals surface area contributed by atoms with Crippen molar-refractivity contribution in [1.29, 1.82) is 0 Å². The molecule has 1 saturated heterocycles. The van der Waals surface area contributed by atoms with Crippen molar-refractivity contribution in [3.8, 4) is 0 Å². The van der Waals surface area contributed by atoms with Crippen LogP contribution in [0.2, 0.25) is 0 Å². The fourth-order valence-electron chi connectivity index (χ4n) is 12.8. The molecule has 8 N–H and O–H groups in total. The Morgan fingerprint density at radius 1 is 0.800 bits per heavy atom. The van der Waals surface area contributed by atoms with E-state index in [1.165, 1.54) is 5.57 Å². The highest BCUT2D eigenvalue weighted by atomic mass is 16.5. The zero-order valence-corrected chi connectivity index (χ0v) is 28.4. The van der Waals surface area contributed by atoms with Gasteiger partial charge in [0.05, 0.1) is 37.6 Å². The zero-order valence-electron chi connectivity index (χ0n) is 28.4. The molecule has 0 aromatic heterocycles. The molecule has 9 nitrogen and oxygen atoms in total. The Labute approximate surface area is 268 Å². The highest BCUT2D eigenvalue weighted by Gasteiger charge is 2.72. The summed E-state index contributed by atoms with van der Waals surface area (Å²) in [5.41, 5.74) is -1.28. The molecule has 2 unspecified atom stereocenters. The van der Waals surface area contributed by atoms with Crippen LogP contribution in [-0.4, -0.2) is 103 Å². The second-order valence-electron chi connectivity index (χ2n) is 18.2. The maximum Gasteiger partial charge on any atom is 0.111 e. The molecule has 258 valence electrons. The average molecular weight is 637 g/mol. The molecule has 45 heavy (non-hydrogen) atoms. The highest BCUT2D eigenvalue weighted by Crippen LogP contribution is 2.77. The minimum absolute atomic E-state index is 0.0659. The van der Waals surface area contributed by atoms with Crippen molar-refractivity contribution in [3.05, 3.63) is 11.6 Å². The minimum atomic E-state index is -1.47. The van der Waals surface area contributed by atoms with Crippen LogP contribution in [0.3, 0.4) is 0 Å². The summed E-state index contributed by atoms with van der Waals surface area (Å²) in [5, 5.41) is 88.0. The molecule has 0 bridgehead atoms. The Kier molecular flexibility index (Phi) is 8.13. The number of fused-ring (bicyclic) bond motifs is 7. The minimum Gasteiger partial charge on any atom is -0.396 e. The van der Waals surface area contributed by atoms with E-state index in [1.807, 2.05) is 13.8 Å². The first-order chi connectivity index (χ1) is 20.8. The molecule has 9 heteroatoms. The summed E-state index contributed by atoms with van der Waals surface area (Å²) in [6.45, 7) is 14.7. The third-order valence-corrected chi connectivity index (χ3v) is 15.9. The van der Waals surface area contributed by atoms with Crippen molar-refractivity contribution < 1.29 is 45.6 Å². The maximum atomic E-state index is 11.6. The van der Waals surface area contributed by atoms with Crippen molar-refractivity contribution in [2.75, 3.05) is 13.2 Å².